The summed E-state index contributed by atoms with van der Waals surface area (Å²) in [5.41, 5.74) is 0. The van der Waals surface area contributed by atoms with Crippen molar-refractivity contribution in [2.45, 2.75) is 334 Å². The summed E-state index contributed by atoms with van der Waals surface area (Å²) in [5.74, 6) is -0.171. The van der Waals surface area contributed by atoms with Crippen LogP contribution in [0.15, 0.2) is 60.8 Å². The van der Waals surface area contributed by atoms with Gasteiger partial charge in [-0.25, -0.2) is 4.57 Å². The van der Waals surface area contributed by atoms with E-state index in [2.05, 4.69) is 67.8 Å². The molecule has 0 aliphatic heterocycles. The van der Waals surface area contributed by atoms with Crippen LogP contribution in [-0.4, -0.2) is 73.4 Å². The molecule has 0 aromatic rings. The standard InChI is InChI=1S/C69H131N2O6P/c1-6-8-10-12-14-16-18-20-22-24-26-27-28-29-30-31-32-33-34-35-36-37-38-39-40-41-42-43-45-47-49-51-53-55-57-59-61-63-69(73)70-67(66-77-78(74,75)76-65-64-71(3,4)5)68(72)62-60-58-56-54-52-50-48-46-44-25-23-21-19-17-15-13-11-9-7-2/h8,10,14,16,20,22,26-27,60,62,67-68,72H,6-7,9,11-13,15,17-19,21,23-25,28-59,61,63-66H2,1-5H3,(H-,70,73,74,75)/p+1/b10-8-,16-14-,22-20-,27-26-,62-60+. The number of carbonyl (C=O) groups is 1. The van der Waals surface area contributed by atoms with Crippen LogP contribution in [-0.2, 0) is 18.4 Å². The van der Waals surface area contributed by atoms with Gasteiger partial charge in [0.25, 0.3) is 0 Å². The molecule has 0 heterocycles. The molecule has 0 saturated carbocycles. The molecule has 3 N–H and O–H groups in total. The number of nitrogens with one attached hydrogen (secondary N) is 1. The lowest BCUT2D eigenvalue weighted by Gasteiger charge is -2.25. The minimum Gasteiger partial charge on any atom is -0.387 e. The lowest BCUT2D eigenvalue weighted by atomic mass is 10.0. The van der Waals surface area contributed by atoms with E-state index in [9.17, 15) is 19.4 Å². The molecule has 0 aliphatic rings. The SMILES string of the molecule is CC/C=C\C/C=C\C/C=C\C/C=C\CCCCCCCCCCCCCCCCCCCCCCCCCCC(=O)NC(COP(=O)(O)OCC[N+](C)(C)C)C(O)/C=C/CCCCCCCCCCCCCCCCCCC. The van der Waals surface area contributed by atoms with Crippen molar-refractivity contribution in [2.24, 2.45) is 0 Å². The van der Waals surface area contributed by atoms with E-state index in [1.807, 2.05) is 27.2 Å². The molecule has 0 aliphatic carbocycles. The molecule has 0 saturated heterocycles. The molecule has 8 nitrogen and oxygen atoms in total. The predicted octanol–water partition coefficient (Wildman–Crippen LogP) is 21.2. The molecule has 0 rings (SSSR count). The lowest BCUT2D eigenvalue weighted by Crippen LogP contribution is -2.45. The van der Waals surface area contributed by atoms with Crippen molar-refractivity contribution in [3.05, 3.63) is 60.8 Å². The van der Waals surface area contributed by atoms with Gasteiger partial charge in [0.05, 0.1) is 39.9 Å². The van der Waals surface area contributed by atoms with Crippen molar-refractivity contribution >= 4 is 13.7 Å². The highest BCUT2D eigenvalue weighted by molar-refractivity contribution is 7.47. The first-order valence-corrected chi connectivity index (χ1v) is 35.2. The Bertz CT molecular complexity index is 1450. The van der Waals surface area contributed by atoms with Gasteiger partial charge in [0.15, 0.2) is 0 Å². The van der Waals surface area contributed by atoms with Crippen molar-refractivity contribution in [3.63, 3.8) is 0 Å². The number of hydrogen-bond acceptors (Lipinski definition) is 5. The van der Waals surface area contributed by atoms with Gasteiger partial charge in [-0.15, -0.1) is 0 Å². The maximum absolute atomic E-state index is 13.0. The minimum atomic E-state index is -4.35. The number of carbonyl (C=O) groups excluding carboxylic acids is 1. The third-order valence-electron chi connectivity index (χ3n) is 15.2. The van der Waals surface area contributed by atoms with Crippen LogP contribution >= 0.6 is 7.82 Å². The number of quaternary nitrogens is 1. The molecule has 3 unspecified atom stereocenters. The number of amides is 1. The molecule has 458 valence electrons. The fraction of sp³-hybridized carbons (Fsp3) is 0.841. The smallest absolute Gasteiger partial charge is 0.387 e. The number of aliphatic hydroxyl groups excluding tert-OH is 1. The van der Waals surface area contributed by atoms with Gasteiger partial charge in [0.1, 0.15) is 13.2 Å². The van der Waals surface area contributed by atoms with E-state index < -0.39 is 20.0 Å². The van der Waals surface area contributed by atoms with Crippen LogP contribution in [0.3, 0.4) is 0 Å². The van der Waals surface area contributed by atoms with Crippen LogP contribution in [0.2, 0.25) is 0 Å². The molecule has 0 aromatic heterocycles. The number of aliphatic hydroxyl groups is 1. The second-order valence-electron chi connectivity index (χ2n) is 24.2. The Morgan fingerprint density at radius 2 is 0.769 bits per heavy atom. The highest BCUT2D eigenvalue weighted by atomic mass is 31.2. The quantitative estimate of drug-likeness (QED) is 0.0243. The summed E-state index contributed by atoms with van der Waals surface area (Å²) in [6.07, 6.45) is 82.2. The number of phosphoric ester groups is 1. The molecule has 3 atom stereocenters. The van der Waals surface area contributed by atoms with Crippen molar-refractivity contribution in [1.29, 1.82) is 0 Å². The Labute approximate surface area is 485 Å². The van der Waals surface area contributed by atoms with E-state index in [0.717, 1.165) is 64.2 Å². The second kappa shape index (κ2) is 59.8. The molecular formula is C69H132N2O6P+. The van der Waals surface area contributed by atoms with E-state index in [-0.39, 0.29) is 19.1 Å². The highest BCUT2D eigenvalue weighted by Gasteiger charge is 2.28. The first-order chi connectivity index (χ1) is 38.0. The van der Waals surface area contributed by atoms with Gasteiger partial charge >= 0.3 is 7.82 Å². The van der Waals surface area contributed by atoms with E-state index in [4.69, 9.17) is 9.05 Å². The summed E-state index contributed by atoms with van der Waals surface area (Å²) in [6.45, 7) is 4.74. The van der Waals surface area contributed by atoms with Crippen molar-refractivity contribution in [1.82, 2.24) is 5.32 Å². The Morgan fingerprint density at radius 1 is 0.449 bits per heavy atom. The zero-order chi connectivity index (χ0) is 57.0. The lowest BCUT2D eigenvalue weighted by molar-refractivity contribution is -0.870. The molecule has 1 amide bonds. The summed E-state index contributed by atoms with van der Waals surface area (Å²) in [5, 5.41) is 14.0. The molecular weight excluding hydrogens is 984 g/mol. The normalized spacial score (nSPS) is 14.1. The molecule has 0 radical (unpaired) electrons. The topological polar surface area (TPSA) is 105 Å². The largest absolute Gasteiger partial charge is 0.472 e. The van der Waals surface area contributed by atoms with Crippen molar-refractivity contribution < 1.29 is 32.9 Å². The molecule has 0 aromatic carbocycles. The summed E-state index contributed by atoms with van der Waals surface area (Å²) in [7, 11) is 1.58. The molecule has 0 fully saturated rings. The monoisotopic (exact) mass is 1120 g/mol. The van der Waals surface area contributed by atoms with E-state index >= 15 is 0 Å². The van der Waals surface area contributed by atoms with Crippen molar-refractivity contribution in [3.8, 4) is 0 Å². The molecule has 0 spiro atoms. The summed E-state index contributed by atoms with van der Waals surface area (Å²) >= 11 is 0. The number of hydrogen-bond donors (Lipinski definition) is 3. The van der Waals surface area contributed by atoms with Crippen LogP contribution in [0.25, 0.3) is 0 Å². The minimum absolute atomic E-state index is 0.0628. The highest BCUT2D eigenvalue weighted by Crippen LogP contribution is 2.43. The average molecular weight is 1120 g/mol. The van der Waals surface area contributed by atoms with Gasteiger partial charge in [0, 0.05) is 6.42 Å². The van der Waals surface area contributed by atoms with E-state index in [1.165, 1.54) is 238 Å². The number of nitrogens with zero attached hydrogens (tertiary/aromatic N) is 1. The predicted molar refractivity (Wildman–Crippen MR) is 341 cm³/mol. The van der Waals surface area contributed by atoms with Crippen LogP contribution in [0.4, 0.5) is 0 Å². The number of rotatable bonds is 62. The maximum Gasteiger partial charge on any atom is 0.472 e. The summed E-state index contributed by atoms with van der Waals surface area (Å²) in [6, 6.07) is -0.846. The van der Waals surface area contributed by atoms with Gasteiger partial charge in [-0.1, -0.05) is 319 Å². The molecule has 78 heavy (non-hydrogen) atoms. The maximum atomic E-state index is 13.0. The van der Waals surface area contributed by atoms with Crippen LogP contribution in [0.1, 0.15) is 322 Å². The van der Waals surface area contributed by atoms with E-state index in [1.54, 1.807) is 6.08 Å². The number of unbranched alkanes of at least 4 members (excludes halogenated alkanes) is 41. The Kier molecular flexibility index (Phi) is 58.4. The zero-order valence-electron chi connectivity index (χ0n) is 52.4. The Balaban J connectivity index is 3.97. The number of likely N-dealkylation sites (N-methyl/N-ethyl adjacent to an activating group) is 1. The number of phosphoric acid groups is 1. The first-order valence-electron chi connectivity index (χ1n) is 33.7. The average Bonchev–Trinajstić information content (AvgIpc) is 3.41. The van der Waals surface area contributed by atoms with Gasteiger partial charge in [-0.3, -0.25) is 13.8 Å². The summed E-state index contributed by atoms with van der Waals surface area (Å²) < 4.78 is 23.8. The molecule has 0 bridgehead atoms. The van der Waals surface area contributed by atoms with Crippen LogP contribution in [0.5, 0.6) is 0 Å². The first kappa shape index (κ1) is 76.2. The Hall–Kier alpha value is -1.80. The Morgan fingerprint density at radius 3 is 1.13 bits per heavy atom. The van der Waals surface area contributed by atoms with Gasteiger partial charge in [-0.05, 0) is 57.8 Å². The number of allylic oxidation sites excluding steroid dienone is 9. The third-order valence-corrected chi connectivity index (χ3v) is 16.2. The van der Waals surface area contributed by atoms with Gasteiger partial charge in [-0.2, -0.15) is 0 Å². The molecule has 9 heteroatoms. The fourth-order valence-electron chi connectivity index (χ4n) is 10.0. The zero-order valence-corrected chi connectivity index (χ0v) is 53.3. The van der Waals surface area contributed by atoms with Crippen molar-refractivity contribution in [2.75, 3.05) is 40.9 Å². The second-order valence-corrected chi connectivity index (χ2v) is 25.6. The summed E-state index contributed by atoms with van der Waals surface area (Å²) in [4.78, 5) is 23.4. The van der Waals surface area contributed by atoms with Crippen LogP contribution < -0.4 is 5.32 Å². The van der Waals surface area contributed by atoms with Gasteiger partial charge in [0.2, 0.25) is 5.91 Å². The third kappa shape index (κ3) is 61.8. The van der Waals surface area contributed by atoms with Crippen LogP contribution in [0, 0.1) is 0 Å². The van der Waals surface area contributed by atoms with Gasteiger partial charge < -0.3 is 19.8 Å². The fourth-order valence-corrected chi connectivity index (χ4v) is 10.8. The van der Waals surface area contributed by atoms with E-state index in [0.29, 0.717) is 17.4 Å².